The Labute approximate surface area is 130 Å². The molecule has 0 amide bonds. The van der Waals surface area contributed by atoms with E-state index in [9.17, 15) is 0 Å². The van der Waals surface area contributed by atoms with Gasteiger partial charge in [-0.2, -0.15) is 0 Å². The van der Waals surface area contributed by atoms with E-state index in [1.54, 1.807) is 22.7 Å². The first kappa shape index (κ1) is 13.0. The van der Waals surface area contributed by atoms with Crippen LogP contribution in [0, 0.1) is 0 Å². The summed E-state index contributed by atoms with van der Waals surface area (Å²) in [5, 5.41) is 4.63. The summed E-state index contributed by atoms with van der Waals surface area (Å²) in [6.45, 7) is 0. The number of nitrogens with two attached hydrogens (primary N) is 1. The number of benzene rings is 2. The van der Waals surface area contributed by atoms with E-state index in [1.165, 1.54) is 30.6 Å². The van der Waals surface area contributed by atoms with Gasteiger partial charge in [-0.1, -0.05) is 36.4 Å². The minimum absolute atomic E-state index is 0.0409. The Morgan fingerprint density at radius 3 is 2.57 bits per heavy atom. The molecule has 0 aliphatic heterocycles. The predicted molar refractivity (Wildman–Crippen MR) is 92.8 cm³/mol. The van der Waals surface area contributed by atoms with Crippen LogP contribution < -0.4 is 11.3 Å². The topological polar surface area (TPSA) is 38.0 Å². The van der Waals surface area contributed by atoms with Crippen molar-refractivity contribution in [1.29, 1.82) is 0 Å². The van der Waals surface area contributed by atoms with Crippen molar-refractivity contribution in [1.82, 2.24) is 5.43 Å². The fourth-order valence-corrected chi connectivity index (χ4v) is 4.86. The molecule has 0 spiro atoms. The van der Waals surface area contributed by atoms with E-state index in [2.05, 4.69) is 65.4 Å². The first-order chi connectivity index (χ1) is 10.3. The third kappa shape index (κ3) is 2.26. The van der Waals surface area contributed by atoms with E-state index in [0.29, 0.717) is 0 Å². The Morgan fingerprint density at radius 2 is 1.76 bits per heavy atom. The molecule has 4 aromatic rings. The molecule has 1 unspecified atom stereocenters. The fourth-order valence-electron chi connectivity index (χ4n) is 2.66. The van der Waals surface area contributed by atoms with Crippen LogP contribution in [0.4, 0.5) is 0 Å². The number of hydrogen-bond acceptors (Lipinski definition) is 4. The highest BCUT2D eigenvalue weighted by Gasteiger charge is 2.16. The Kier molecular flexibility index (Phi) is 3.24. The monoisotopic (exact) mass is 310 g/mol. The van der Waals surface area contributed by atoms with Crippen LogP contribution in [-0.4, -0.2) is 0 Å². The molecule has 2 aromatic heterocycles. The second kappa shape index (κ2) is 5.24. The van der Waals surface area contributed by atoms with Crippen LogP contribution in [0.25, 0.3) is 20.2 Å². The smallest absolute Gasteiger partial charge is 0.0803 e. The first-order valence-corrected chi connectivity index (χ1v) is 8.46. The largest absolute Gasteiger partial charge is 0.271 e. The number of hydrogen-bond donors (Lipinski definition) is 2. The van der Waals surface area contributed by atoms with Gasteiger partial charge in [0.1, 0.15) is 0 Å². The van der Waals surface area contributed by atoms with Crippen LogP contribution in [0.5, 0.6) is 0 Å². The quantitative estimate of drug-likeness (QED) is 0.426. The van der Waals surface area contributed by atoms with Crippen molar-refractivity contribution in [3.05, 3.63) is 70.4 Å². The van der Waals surface area contributed by atoms with E-state index in [4.69, 9.17) is 5.84 Å². The van der Waals surface area contributed by atoms with Gasteiger partial charge in [-0.25, -0.2) is 5.43 Å². The normalized spacial score (nSPS) is 13.0. The maximum atomic E-state index is 5.83. The highest BCUT2D eigenvalue weighted by Crippen LogP contribution is 2.36. The molecule has 4 rings (SSSR count). The number of nitrogens with one attached hydrogen (secondary N) is 1. The summed E-state index contributed by atoms with van der Waals surface area (Å²) in [6.07, 6.45) is 0. The van der Waals surface area contributed by atoms with E-state index < -0.39 is 0 Å². The van der Waals surface area contributed by atoms with Crippen molar-refractivity contribution < 1.29 is 0 Å². The lowest BCUT2D eigenvalue weighted by Crippen LogP contribution is -2.28. The average molecular weight is 310 g/mol. The highest BCUT2D eigenvalue weighted by molar-refractivity contribution is 7.27. The molecule has 2 nitrogen and oxygen atoms in total. The zero-order valence-electron chi connectivity index (χ0n) is 11.2. The van der Waals surface area contributed by atoms with Crippen molar-refractivity contribution in [3.63, 3.8) is 0 Å². The molecule has 0 bridgehead atoms. The van der Waals surface area contributed by atoms with Gasteiger partial charge in [0, 0.05) is 14.3 Å². The molecule has 0 fully saturated rings. The summed E-state index contributed by atoms with van der Waals surface area (Å²) in [7, 11) is 0. The van der Waals surface area contributed by atoms with Crippen LogP contribution in [0.15, 0.2) is 60.0 Å². The molecule has 1 atom stereocenters. The summed E-state index contributed by atoms with van der Waals surface area (Å²) in [6, 6.07) is 19.4. The highest BCUT2D eigenvalue weighted by atomic mass is 32.1. The minimum atomic E-state index is 0.0409. The van der Waals surface area contributed by atoms with Crippen LogP contribution >= 0.6 is 22.7 Å². The van der Waals surface area contributed by atoms with Crippen LogP contribution in [0.3, 0.4) is 0 Å². The second-order valence-electron chi connectivity index (χ2n) is 5.00. The van der Waals surface area contributed by atoms with E-state index in [-0.39, 0.29) is 6.04 Å². The molecule has 0 saturated heterocycles. The molecule has 0 aliphatic carbocycles. The lowest BCUT2D eigenvalue weighted by molar-refractivity contribution is 0.647. The van der Waals surface area contributed by atoms with Gasteiger partial charge in [-0.3, -0.25) is 5.84 Å². The SMILES string of the molecule is NNC(c1ccc2ccccc2c1)c1cc2sccc2s1. The molecule has 104 valence electrons. The van der Waals surface area contributed by atoms with Gasteiger partial charge in [0.05, 0.1) is 6.04 Å². The summed E-state index contributed by atoms with van der Waals surface area (Å²) >= 11 is 3.58. The number of fused-ring (bicyclic) bond motifs is 2. The van der Waals surface area contributed by atoms with Crippen LogP contribution in [0.2, 0.25) is 0 Å². The summed E-state index contributed by atoms with van der Waals surface area (Å²) in [5.74, 6) is 5.83. The minimum Gasteiger partial charge on any atom is -0.271 e. The third-order valence-corrected chi connectivity index (χ3v) is 5.87. The summed E-state index contributed by atoms with van der Waals surface area (Å²) in [5.41, 5.74) is 4.16. The standard InChI is InChI=1S/C17H14N2S2/c18-19-17(16-10-15-14(21-16)7-8-20-15)13-6-5-11-3-1-2-4-12(11)9-13/h1-10,17,19H,18H2. The number of hydrazine groups is 1. The van der Waals surface area contributed by atoms with Gasteiger partial charge < -0.3 is 0 Å². The van der Waals surface area contributed by atoms with Crippen molar-refractivity contribution >= 4 is 42.8 Å². The molecule has 0 aliphatic rings. The van der Waals surface area contributed by atoms with Gasteiger partial charge in [0.25, 0.3) is 0 Å². The van der Waals surface area contributed by atoms with Gasteiger partial charge >= 0.3 is 0 Å². The predicted octanol–water partition coefficient (Wildman–Crippen LogP) is 4.67. The second-order valence-corrected chi connectivity index (χ2v) is 7.07. The molecular formula is C17H14N2S2. The Balaban J connectivity index is 1.81. The average Bonchev–Trinajstić information content (AvgIpc) is 3.09. The van der Waals surface area contributed by atoms with Gasteiger partial charge in [0.15, 0.2) is 0 Å². The van der Waals surface area contributed by atoms with Crippen molar-refractivity contribution in [2.75, 3.05) is 0 Å². The lowest BCUT2D eigenvalue weighted by atomic mass is 10.0. The molecule has 4 heteroatoms. The van der Waals surface area contributed by atoms with Crippen molar-refractivity contribution in [3.8, 4) is 0 Å². The van der Waals surface area contributed by atoms with E-state index in [0.717, 1.165) is 0 Å². The molecule has 0 saturated carbocycles. The molecule has 2 heterocycles. The molecule has 21 heavy (non-hydrogen) atoms. The van der Waals surface area contributed by atoms with Crippen molar-refractivity contribution in [2.45, 2.75) is 6.04 Å². The maximum Gasteiger partial charge on any atom is 0.0803 e. The van der Waals surface area contributed by atoms with Crippen molar-refractivity contribution in [2.24, 2.45) is 5.84 Å². The summed E-state index contributed by atoms with van der Waals surface area (Å²) < 4.78 is 2.66. The maximum absolute atomic E-state index is 5.83. The van der Waals surface area contributed by atoms with E-state index in [1.807, 2.05) is 0 Å². The molecular weight excluding hydrogens is 296 g/mol. The Hall–Kier alpha value is -1.72. The van der Waals surface area contributed by atoms with Gasteiger partial charge in [-0.05, 0) is 39.9 Å². The third-order valence-electron chi connectivity index (χ3n) is 3.72. The van der Waals surface area contributed by atoms with E-state index >= 15 is 0 Å². The number of thiophene rings is 2. The van der Waals surface area contributed by atoms with Gasteiger partial charge in [0.2, 0.25) is 0 Å². The molecule has 2 aromatic carbocycles. The zero-order chi connectivity index (χ0) is 14.2. The lowest BCUT2D eigenvalue weighted by Gasteiger charge is -2.15. The number of rotatable bonds is 3. The van der Waals surface area contributed by atoms with Crippen LogP contribution in [-0.2, 0) is 0 Å². The zero-order valence-corrected chi connectivity index (χ0v) is 12.9. The fraction of sp³-hybridized carbons (Fsp3) is 0.0588. The Morgan fingerprint density at radius 1 is 0.905 bits per heavy atom. The molecule has 3 N–H and O–H groups in total. The molecule has 0 radical (unpaired) electrons. The van der Waals surface area contributed by atoms with Crippen LogP contribution in [0.1, 0.15) is 16.5 Å². The van der Waals surface area contributed by atoms with Gasteiger partial charge in [-0.15, -0.1) is 22.7 Å². The first-order valence-electron chi connectivity index (χ1n) is 6.77. The summed E-state index contributed by atoms with van der Waals surface area (Å²) in [4.78, 5) is 1.26. The Bertz CT molecular complexity index is 879.